The molecule has 2 heteroatoms. The summed E-state index contributed by atoms with van der Waals surface area (Å²) in [5.41, 5.74) is 1.23. The van der Waals surface area contributed by atoms with E-state index >= 15 is 0 Å². The summed E-state index contributed by atoms with van der Waals surface area (Å²) < 4.78 is 5.63. The van der Waals surface area contributed by atoms with Crippen molar-refractivity contribution in [1.82, 2.24) is 0 Å². The number of ketones is 1. The van der Waals surface area contributed by atoms with E-state index in [-0.39, 0.29) is 5.41 Å². The van der Waals surface area contributed by atoms with Gasteiger partial charge in [-0.2, -0.15) is 0 Å². The standard InChI is InChI=1S/C15H18O2/c1-15(7-8-15)14(16)10-11-6-9-17-13-5-3-2-4-12(11)13/h2-5,11H,6-10H2,1H3. The van der Waals surface area contributed by atoms with E-state index in [1.54, 1.807) is 0 Å². The van der Waals surface area contributed by atoms with E-state index in [1.165, 1.54) is 5.56 Å². The quantitative estimate of drug-likeness (QED) is 0.796. The summed E-state index contributed by atoms with van der Waals surface area (Å²) in [4.78, 5) is 12.2. The zero-order chi connectivity index (χ0) is 11.9. The fourth-order valence-electron chi connectivity index (χ4n) is 2.56. The molecule has 3 rings (SSSR count). The largest absolute Gasteiger partial charge is 0.493 e. The Morgan fingerprint density at radius 1 is 1.41 bits per heavy atom. The third-order valence-corrected chi connectivity index (χ3v) is 4.19. The van der Waals surface area contributed by atoms with Gasteiger partial charge in [0.15, 0.2) is 0 Å². The van der Waals surface area contributed by atoms with Crippen LogP contribution in [0, 0.1) is 5.41 Å². The minimum absolute atomic E-state index is 0.00719. The first-order valence-electron chi connectivity index (χ1n) is 6.44. The Hall–Kier alpha value is -1.31. The molecule has 0 saturated heterocycles. The number of ether oxygens (including phenoxy) is 1. The molecule has 1 atom stereocenters. The molecule has 1 aromatic rings. The van der Waals surface area contributed by atoms with Crippen molar-refractivity contribution in [3.8, 4) is 5.75 Å². The van der Waals surface area contributed by atoms with Crippen LogP contribution in [0.1, 0.15) is 44.1 Å². The Balaban J connectivity index is 1.79. The van der Waals surface area contributed by atoms with Crippen molar-refractivity contribution in [3.63, 3.8) is 0 Å². The average molecular weight is 230 g/mol. The Labute approximate surface area is 102 Å². The molecule has 2 aliphatic rings. The number of Topliss-reactive ketones (excluding diaryl/α,β-unsaturated/α-hetero) is 1. The number of hydrogen-bond acceptors (Lipinski definition) is 2. The molecule has 17 heavy (non-hydrogen) atoms. The fraction of sp³-hybridized carbons (Fsp3) is 0.533. The lowest BCUT2D eigenvalue weighted by Gasteiger charge is -2.26. The highest BCUT2D eigenvalue weighted by Crippen LogP contribution is 2.48. The van der Waals surface area contributed by atoms with Crippen molar-refractivity contribution in [2.45, 2.75) is 38.5 Å². The summed E-state index contributed by atoms with van der Waals surface area (Å²) >= 11 is 0. The van der Waals surface area contributed by atoms with Crippen molar-refractivity contribution in [3.05, 3.63) is 29.8 Å². The maximum absolute atomic E-state index is 12.2. The van der Waals surface area contributed by atoms with Crippen LogP contribution in [-0.4, -0.2) is 12.4 Å². The van der Waals surface area contributed by atoms with Gasteiger partial charge in [-0.05, 0) is 36.8 Å². The van der Waals surface area contributed by atoms with E-state index in [2.05, 4.69) is 13.0 Å². The van der Waals surface area contributed by atoms with Gasteiger partial charge in [-0.15, -0.1) is 0 Å². The van der Waals surface area contributed by atoms with E-state index in [9.17, 15) is 4.79 Å². The molecule has 0 spiro atoms. The molecule has 1 heterocycles. The van der Waals surface area contributed by atoms with Gasteiger partial charge in [0, 0.05) is 11.8 Å². The van der Waals surface area contributed by atoms with E-state index in [4.69, 9.17) is 4.74 Å². The summed E-state index contributed by atoms with van der Waals surface area (Å²) in [6.45, 7) is 2.84. The van der Waals surface area contributed by atoms with E-state index in [1.807, 2.05) is 18.2 Å². The first-order chi connectivity index (χ1) is 8.19. The molecular formula is C15H18O2. The van der Waals surface area contributed by atoms with Gasteiger partial charge >= 0.3 is 0 Å². The first kappa shape index (κ1) is 10.8. The summed E-state index contributed by atoms with van der Waals surface area (Å²) in [5, 5.41) is 0. The van der Waals surface area contributed by atoms with Gasteiger partial charge in [0.1, 0.15) is 11.5 Å². The molecule has 0 N–H and O–H groups in total. The Morgan fingerprint density at radius 3 is 2.94 bits per heavy atom. The van der Waals surface area contributed by atoms with Crippen LogP contribution in [0.2, 0.25) is 0 Å². The second kappa shape index (κ2) is 3.86. The Morgan fingerprint density at radius 2 is 2.18 bits per heavy atom. The van der Waals surface area contributed by atoms with Crippen molar-refractivity contribution in [2.75, 3.05) is 6.61 Å². The molecule has 1 aliphatic carbocycles. The molecule has 0 radical (unpaired) electrons. The lowest BCUT2D eigenvalue weighted by atomic mass is 9.85. The molecule has 2 nitrogen and oxygen atoms in total. The minimum atomic E-state index is 0.00719. The highest BCUT2D eigenvalue weighted by atomic mass is 16.5. The smallest absolute Gasteiger partial charge is 0.139 e. The van der Waals surface area contributed by atoms with Crippen LogP contribution in [-0.2, 0) is 4.79 Å². The third kappa shape index (κ3) is 1.97. The van der Waals surface area contributed by atoms with Gasteiger partial charge in [0.2, 0.25) is 0 Å². The normalized spacial score (nSPS) is 24.6. The number of carbonyl (C=O) groups is 1. The molecular weight excluding hydrogens is 212 g/mol. The van der Waals surface area contributed by atoms with Crippen LogP contribution in [0.5, 0.6) is 5.75 Å². The number of fused-ring (bicyclic) bond motifs is 1. The van der Waals surface area contributed by atoms with Crippen LogP contribution < -0.4 is 4.74 Å². The average Bonchev–Trinajstić information content (AvgIpc) is 3.09. The van der Waals surface area contributed by atoms with Gasteiger partial charge < -0.3 is 4.74 Å². The van der Waals surface area contributed by atoms with Crippen molar-refractivity contribution in [2.24, 2.45) is 5.41 Å². The molecule has 1 unspecified atom stereocenters. The lowest BCUT2D eigenvalue weighted by molar-refractivity contribution is -0.124. The second-order valence-corrected chi connectivity index (χ2v) is 5.56. The van der Waals surface area contributed by atoms with Crippen LogP contribution in [0.3, 0.4) is 0 Å². The van der Waals surface area contributed by atoms with Gasteiger partial charge in [0.25, 0.3) is 0 Å². The summed E-state index contributed by atoms with van der Waals surface area (Å²) in [6.07, 6.45) is 3.82. The van der Waals surface area contributed by atoms with Crippen molar-refractivity contribution < 1.29 is 9.53 Å². The van der Waals surface area contributed by atoms with E-state index in [0.717, 1.165) is 31.6 Å². The predicted molar refractivity (Wildman–Crippen MR) is 66.3 cm³/mol. The molecule has 1 aliphatic heterocycles. The van der Waals surface area contributed by atoms with Crippen LogP contribution in [0.25, 0.3) is 0 Å². The van der Waals surface area contributed by atoms with E-state index in [0.29, 0.717) is 18.1 Å². The minimum Gasteiger partial charge on any atom is -0.493 e. The molecule has 0 amide bonds. The van der Waals surface area contributed by atoms with Crippen molar-refractivity contribution in [1.29, 1.82) is 0 Å². The predicted octanol–water partition coefficient (Wildman–Crippen LogP) is 3.31. The number of para-hydroxylation sites is 1. The number of rotatable bonds is 3. The number of carbonyl (C=O) groups excluding carboxylic acids is 1. The summed E-state index contributed by atoms with van der Waals surface area (Å²) in [7, 11) is 0. The highest BCUT2D eigenvalue weighted by molar-refractivity contribution is 5.87. The zero-order valence-corrected chi connectivity index (χ0v) is 10.2. The molecule has 0 aromatic heterocycles. The maximum atomic E-state index is 12.2. The maximum Gasteiger partial charge on any atom is 0.139 e. The summed E-state index contributed by atoms with van der Waals surface area (Å²) in [5.74, 6) is 1.78. The molecule has 0 bridgehead atoms. The van der Waals surface area contributed by atoms with Gasteiger partial charge in [0.05, 0.1) is 6.61 Å². The van der Waals surface area contributed by atoms with Crippen LogP contribution >= 0.6 is 0 Å². The molecule has 1 fully saturated rings. The molecule has 1 aromatic carbocycles. The number of hydrogen-bond donors (Lipinski definition) is 0. The van der Waals surface area contributed by atoms with Gasteiger partial charge in [-0.3, -0.25) is 4.79 Å². The summed E-state index contributed by atoms with van der Waals surface area (Å²) in [6, 6.07) is 8.13. The van der Waals surface area contributed by atoms with E-state index < -0.39 is 0 Å². The van der Waals surface area contributed by atoms with Crippen molar-refractivity contribution >= 4 is 5.78 Å². The number of benzene rings is 1. The first-order valence-corrected chi connectivity index (χ1v) is 6.44. The van der Waals surface area contributed by atoms with Gasteiger partial charge in [-0.1, -0.05) is 25.1 Å². The highest BCUT2D eigenvalue weighted by Gasteiger charge is 2.45. The lowest BCUT2D eigenvalue weighted by Crippen LogP contribution is -2.20. The Kier molecular flexibility index (Phi) is 2.46. The van der Waals surface area contributed by atoms with Crippen LogP contribution in [0.4, 0.5) is 0 Å². The second-order valence-electron chi connectivity index (χ2n) is 5.56. The van der Waals surface area contributed by atoms with Crippen LogP contribution in [0.15, 0.2) is 24.3 Å². The fourth-order valence-corrected chi connectivity index (χ4v) is 2.56. The Bertz CT molecular complexity index is 446. The SMILES string of the molecule is CC1(C(=O)CC2CCOc3ccccc32)CC1. The third-order valence-electron chi connectivity index (χ3n) is 4.19. The topological polar surface area (TPSA) is 26.3 Å². The molecule has 90 valence electrons. The molecule has 1 saturated carbocycles. The van der Waals surface area contributed by atoms with Gasteiger partial charge in [-0.25, -0.2) is 0 Å². The zero-order valence-electron chi connectivity index (χ0n) is 10.2. The monoisotopic (exact) mass is 230 g/mol.